The first-order valence-electron chi connectivity index (χ1n) is 4.05. The quantitative estimate of drug-likeness (QED) is 0.388. The van der Waals surface area contributed by atoms with Crippen molar-refractivity contribution in [3.63, 3.8) is 0 Å². The highest BCUT2D eigenvalue weighted by Gasteiger charge is 2.09. The summed E-state index contributed by atoms with van der Waals surface area (Å²) in [6.45, 7) is 0.460. The molecule has 0 bridgehead atoms. The fraction of sp³-hybridized carbons (Fsp3) is 0.714. The van der Waals surface area contributed by atoms with Crippen molar-refractivity contribution in [3.8, 4) is 0 Å². The molecule has 0 aliphatic carbocycles. The molecule has 84 valence electrons. The van der Waals surface area contributed by atoms with Gasteiger partial charge in [-0.1, -0.05) is 0 Å². The van der Waals surface area contributed by atoms with E-state index in [2.05, 4.69) is 5.32 Å². The second-order valence-corrected chi connectivity index (χ2v) is 2.73. The number of nitrogens with one attached hydrogen (secondary N) is 1. The molecule has 7 heteroatoms. The second kappa shape index (κ2) is 8.27. The predicted octanol–water partition coefficient (Wildman–Crippen LogP) is -1.59. The zero-order chi connectivity index (χ0) is 10.3. The van der Waals surface area contributed by atoms with Crippen LogP contribution in [0.5, 0.6) is 0 Å². The van der Waals surface area contributed by atoms with Crippen LogP contribution in [0.15, 0.2) is 0 Å². The molecule has 0 saturated heterocycles. The number of hydrogen-bond acceptors (Lipinski definition) is 3. The molecule has 1 atom stereocenters. The third-order valence-electron chi connectivity index (χ3n) is 1.56. The standard InChI is InChI=1S/C7H15N3O3.H2O/c8-5(6(11)12)3-1-2-4-10-7(9)13;/h5H,1-4,8H2,(H,11,12)(H3,9,10,13);1H2/t5-;/m0./s1. The van der Waals surface area contributed by atoms with Crippen molar-refractivity contribution < 1.29 is 20.2 Å². The lowest BCUT2D eigenvalue weighted by molar-refractivity contribution is -0.138. The number of carboxylic acid groups (broad SMARTS) is 1. The van der Waals surface area contributed by atoms with Crippen LogP contribution in [0.2, 0.25) is 0 Å². The Kier molecular flexibility index (Phi) is 8.94. The van der Waals surface area contributed by atoms with E-state index in [1.807, 2.05) is 0 Å². The lowest BCUT2D eigenvalue weighted by Crippen LogP contribution is -2.31. The van der Waals surface area contributed by atoms with E-state index >= 15 is 0 Å². The van der Waals surface area contributed by atoms with Gasteiger partial charge in [0.05, 0.1) is 0 Å². The van der Waals surface area contributed by atoms with Crippen molar-refractivity contribution in [3.05, 3.63) is 0 Å². The SMILES string of the molecule is NC(=O)NCCCC[C@H](N)C(=O)O.O. The highest BCUT2D eigenvalue weighted by Crippen LogP contribution is 1.97. The third kappa shape index (κ3) is 8.75. The summed E-state index contributed by atoms with van der Waals surface area (Å²) < 4.78 is 0. The van der Waals surface area contributed by atoms with Gasteiger partial charge in [0.25, 0.3) is 0 Å². The largest absolute Gasteiger partial charge is 0.480 e. The van der Waals surface area contributed by atoms with E-state index in [0.29, 0.717) is 25.8 Å². The molecule has 0 heterocycles. The van der Waals surface area contributed by atoms with E-state index in [1.54, 1.807) is 0 Å². The van der Waals surface area contributed by atoms with Crippen LogP contribution >= 0.6 is 0 Å². The molecule has 0 saturated carbocycles. The van der Waals surface area contributed by atoms with Crippen molar-refractivity contribution in [2.75, 3.05) is 6.54 Å². The van der Waals surface area contributed by atoms with E-state index in [1.165, 1.54) is 0 Å². The summed E-state index contributed by atoms with van der Waals surface area (Å²) in [4.78, 5) is 20.5. The second-order valence-electron chi connectivity index (χ2n) is 2.73. The molecule has 0 unspecified atom stereocenters. The monoisotopic (exact) mass is 207 g/mol. The predicted molar refractivity (Wildman–Crippen MR) is 50.7 cm³/mol. The van der Waals surface area contributed by atoms with Gasteiger partial charge in [0.2, 0.25) is 0 Å². The summed E-state index contributed by atoms with van der Waals surface area (Å²) in [5.74, 6) is -0.997. The molecule has 0 aliphatic heterocycles. The average molecular weight is 207 g/mol. The molecular weight excluding hydrogens is 190 g/mol. The zero-order valence-corrected chi connectivity index (χ0v) is 7.82. The number of primary amides is 1. The van der Waals surface area contributed by atoms with E-state index in [0.717, 1.165) is 0 Å². The van der Waals surface area contributed by atoms with E-state index in [4.69, 9.17) is 16.6 Å². The fourth-order valence-electron chi connectivity index (χ4n) is 0.824. The van der Waals surface area contributed by atoms with Gasteiger partial charge in [-0.15, -0.1) is 0 Å². The highest BCUT2D eigenvalue weighted by molar-refractivity contribution is 5.73. The van der Waals surface area contributed by atoms with Gasteiger partial charge >= 0.3 is 12.0 Å². The number of carbonyl (C=O) groups is 2. The molecule has 0 spiro atoms. The Labute approximate surface area is 81.8 Å². The molecule has 0 aromatic carbocycles. The molecule has 0 radical (unpaired) electrons. The zero-order valence-electron chi connectivity index (χ0n) is 7.82. The Balaban J connectivity index is 0. The number of carboxylic acids is 1. The Hall–Kier alpha value is -1.34. The average Bonchev–Trinajstić information content (AvgIpc) is 2.02. The van der Waals surface area contributed by atoms with Gasteiger partial charge in [-0.3, -0.25) is 4.79 Å². The van der Waals surface area contributed by atoms with Crippen LogP contribution in [0.25, 0.3) is 0 Å². The molecule has 2 amide bonds. The third-order valence-corrected chi connectivity index (χ3v) is 1.56. The van der Waals surface area contributed by atoms with Crippen molar-refractivity contribution in [2.45, 2.75) is 25.3 Å². The Bertz CT molecular complexity index is 186. The normalized spacial score (nSPS) is 11.2. The topological polar surface area (TPSA) is 150 Å². The number of amides is 2. The lowest BCUT2D eigenvalue weighted by atomic mass is 10.1. The molecular formula is C7H17N3O4. The maximum atomic E-state index is 10.3. The highest BCUT2D eigenvalue weighted by atomic mass is 16.4. The fourth-order valence-corrected chi connectivity index (χ4v) is 0.824. The van der Waals surface area contributed by atoms with Crippen LogP contribution in [-0.4, -0.2) is 35.2 Å². The molecule has 14 heavy (non-hydrogen) atoms. The number of nitrogens with two attached hydrogens (primary N) is 2. The minimum Gasteiger partial charge on any atom is -0.480 e. The van der Waals surface area contributed by atoms with Crippen molar-refractivity contribution in [2.24, 2.45) is 11.5 Å². The van der Waals surface area contributed by atoms with Gasteiger partial charge in [-0.05, 0) is 19.3 Å². The summed E-state index contributed by atoms with van der Waals surface area (Å²) in [6, 6.07) is -1.38. The first-order chi connectivity index (χ1) is 6.04. The molecule has 0 aromatic rings. The van der Waals surface area contributed by atoms with Crippen molar-refractivity contribution >= 4 is 12.0 Å². The van der Waals surface area contributed by atoms with E-state index in [9.17, 15) is 9.59 Å². The summed E-state index contributed by atoms with van der Waals surface area (Å²) in [5.41, 5.74) is 10.1. The van der Waals surface area contributed by atoms with Gasteiger partial charge in [0.1, 0.15) is 6.04 Å². The first-order valence-corrected chi connectivity index (χ1v) is 4.05. The van der Waals surface area contributed by atoms with Crippen LogP contribution in [0.1, 0.15) is 19.3 Å². The summed E-state index contributed by atoms with van der Waals surface area (Å²) >= 11 is 0. The van der Waals surface area contributed by atoms with Crippen molar-refractivity contribution in [1.29, 1.82) is 0 Å². The molecule has 0 rings (SSSR count). The van der Waals surface area contributed by atoms with Crippen LogP contribution < -0.4 is 16.8 Å². The maximum Gasteiger partial charge on any atom is 0.320 e. The number of unbranched alkanes of at least 4 members (excludes halogenated alkanes) is 1. The van der Waals surface area contributed by atoms with Crippen LogP contribution in [0.3, 0.4) is 0 Å². The Morgan fingerprint density at radius 1 is 1.36 bits per heavy atom. The Morgan fingerprint density at radius 2 is 1.93 bits per heavy atom. The van der Waals surface area contributed by atoms with E-state index in [-0.39, 0.29) is 5.48 Å². The van der Waals surface area contributed by atoms with Gasteiger partial charge in [-0.2, -0.15) is 0 Å². The van der Waals surface area contributed by atoms with Gasteiger partial charge < -0.3 is 27.4 Å². The van der Waals surface area contributed by atoms with Crippen LogP contribution in [0, 0.1) is 0 Å². The van der Waals surface area contributed by atoms with Gasteiger partial charge in [-0.25, -0.2) is 4.79 Å². The van der Waals surface area contributed by atoms with Gasteiger partial charge in [0.15, 0.2) is 0 Å². The van der Waals surface area contributed by atoms with Crippen molar-refractivity contribution in [1.82, 2.24) is 5.32 Å². The van der Waals surface area contributed by atoms with Gasteiger partial charge in [0, 0.05) is 6.54 Å². The smallest absolute Gasteiger partial charge is 0.320 e. The number of urea groups is 1. The van der Waals surface area contributed by atoms with Crippen LogP contribution in [0.4, 0.5) is 4.79 Å². The Morgan fingerprint density at radius 3 is 2.36 bits per heavy atom. The van der Waals surface area contributed by atoms with Crippen LogP contribution in [-0.2, 0) is 4.79 Å². The minimum atomic E-state index is -0.997. The molecule has 0 aliphatic rings. The summed E-state index contributed by atoms with van der Waals surface area (Å²) in [5, 5.41) is 10.8. The molecule has 0 fully saturated rings. The number of aliphatic carboxylic acids is 1. The number of carbonyl (C=O) groups excluding carboxylic acids is 1. The summed E-state index contributed by atoms with van der Waals surface area (Å²) in [7, 11) is 0. The number of hydrogen-bond donors (Lipinski definition) is 4. The molecule has 7 nitrogen and oxygen atoms in total. The minimum absolute atomic E-state index is 0. The molecule has 8 N–H and O–H groups in total. The first kappa shape index (κ1) is 15.1. The summed E-state index contributed by atoms with van der Waals surface area (Å²) in [6.07, 6.45) is 1.76. The van der Waals surface area contributed by atoms with E-state index < -0.39 is 18.0 Å². The molecule has 0 aromatic heterocycles. The maximum absolute atomic E-state index is 10.3. The lowest BCUT2D eigenvalue weighted by Gasteiger charge is -2.05. The number of rotatable bonds is 6.